The fourth-order valence-corrected chi connectivity index (χ4v) is 2.28. The molecule has 1 aromatic heterocycles. The zero-order valence-corrected chi connectivity index (χ0v) is 12.1. The van der Waals surface area contributed by atoms with Gasteiger partial charge in [0, 0.05) is 22.7 Å². The number of ether oxygens (including phenoxy) is 1. The summed E-state index contributed by atoms with van der Waals surface area (Å²) >= 11 is 0. The Kier molecular flexibility index (Phi) is 3.48. The van der Waals surface area contributed by atoms with Crippen LogP contribution in [0.1, 0.15) is 18.2 Å². The number of rotatable bonds is 3. The van der Waals surface area contributed by atoms with Crippen molar-refractivity contribution in [3.63, 3.8) is 0 Å². The van der Waals surface area contributed by atoms with Crippen molar-refractivity contribution in [2.45, 2.75) is 20.3 Å². The van der Waals surface area contributed by atoms with Crippen LogP contribution in [0.15, 0.2) is 53.3 Å². The molecule has 3 rings (SSSR count). The predicted octanol–water partition coefficient (Wildman–Crippen LogP) is 4.19. The highest BCUT2D eigenvalue weighted by Crippen LogP contribution is 2.24. The maximum Gasteiger partial charge on any atom is 0.189 e. The summed E-state index contributed by atoms with van der Waals surface area (Å²) in [7, 11) is 0. The molecular weight excluding hydrogens is 262 g/mol. The molecule has 0 saturated carbocycles. The van der Waals surface area contributed by atoms with E-state index < -0.39 is 0 Å². The Hall–Kier alpha value is -2.55. The third-order valence-electron chi connectivity index (χ3n) is 3.49. The molecule has 2 aromatic carbocycles. The molecule has 0 spiro atoms. The van der Waals surface area contributed by atoms with Crippen LogP contribution in [0.25, 0.3) is 10.9 Å². The Morgan fingerprint density at radius 2 is 1.71 bits per heavy atom. The summed E-state index contributed by atoms with van der Waals surface area (Å²) in [6, 6.07) is 15.0. The molecular formula is C18H17NO2. The van der Waals surface area contributed by atoms with E-state index in [4.69, 9.17) is 4.74 Å². The zero-order chi connectivity index (χ0) is 14.8. The maximum absolute atomic E-state index is 12.1. The van der Waals surface area contributed by atoms with Gasteiger partial charge < -0.3 is 9.72 Å². The van der Waals surface area contributed by atoms with Crippen LogP contribution >= 0.6 is 0 Å². The number of H-pyrrole nitrogens is 1. The van der Waals surface area contributed by atoms with Gasteiger partial charge in [-0.1, -0.05) is 24.6 Å². The number of hydrogen-bond acceptors (Lipinski definition) is 2. The molecule has 0 radical (unpaired) electrons. The average molecular weight is 279 g/mol. The van der Waals surface area contributed by atoms with Crippen molar-refractivity contribution in [1.82, 2.24) is 4.98 Å². The van der Waals surface area contributed by atoms with E-state index in [1.54, 1.807) is 12.1 Å². The number of aromatic nitrogens is 1. The molecule has 3 nitrogen and oxygen atoms in total. The summed E-state index contributed by atoms with van der Waals surface area (Å²) in [6.07, 6.45) is 0.812. The summed E-state index contributed by atoms with van der Waals surface area (Å²) in [4.78, 5) is 15.4. The highest BCUT2D eigenvalue weighted by atomic mass is 16.5. The molecule has 0 aliphatic rings. The fraction of sp³-hybridized carbons (Fsp3) is 0.167. The molecule has 1 N–H and O–H groups in total. The molecule has 106 valence electrons. The number of aromatic amines is 1. The molecule has 0 saturated heterocycles. The van der Waals surface area contributed by atoms with Crippen LogP contribution < -0.4 is 10.2 Å². The van der Waals surface area contributed by atoms with Gasteiger partial charge in [0.2, 0.25) is 0 Å². The van der Waals surface area contributed by atoms with Gasteiger partial charge in [-0.25, -0.2) is 0 Å². The summed E-state index contributed by atoms with van der Waals surface area (Å²) in [5.74, 6) is 1.43. The van der Waals surface area contributed by atoms with Crippen LogP contribution in [-0.2, 0) is 6.42 Å². The van der Waals surface area contributed by atoms with Crippen LogP contribution in [0.2, 0.25) is 0 Å². The van der Waals surface area contributed by atoms with E-state index in [0.717, 1.165) is 23.4 Å². The number of benzene rings is 2. The smallest absolute Gasteiger partial charge is 0.189 e. The highest BCUT2D eigenvalue weighted by molar-refractivity contribution is 5.80. The first-order chi connectivity index (χ1) is 10.2. The minimum Gasteiger partial charge on any atom is -0.457 e. The Bertz CT molecular complexity index is 832. The minimum absolute atomic E-state index is 0.0231. The first-order valence-electron chi connectivity index (χ1n) is 7.06. The lowest BCUT2D eigenvalue weighted by Crippen LogP contribution is -2.04. The van der Waals surface area contributed by atoms with E-state index in [1.807, 2.05) is 50.2 Å². The molecule has 0 amide bonds. The molecule has 0 aliphatic carbocycles. The lowest BCUT2D eigenvalue weighted by molar-refractivity contribution is 0.483. The normalized spacial score (nSPS) is 10.8. The first-order valence-corrected chi connectivity index (χ1v) is 7.06. The van der Waals surface area contributed by atoms with Crippen LogP contribution in [0.4, 0.5) is 0 Å². The largest absolute Gasteiger partial charge is 0.457 e. The average Bonchev–Trinajstić information content (AvgIpc) is 2.50. The van der Waals surface area contributed by atoms with Crippen molar-refractivity contribution >= 4 is 10.9 Å². The van der Waals surface area contributed by atoms with Crippen molar-refractivity contribution in [3.05, 3.63) is 70.0 Å². The second-order valence-electron chi connectivity index (χ2n) is 5.13. The van der Waals surface area contributed by atoms with Crippen molar-refractivity contribution in [3.8, 4) is 11.5 Å². The third-order valence-corrected chi connectivity index (χ3v) is 3.49. The Morgan fingerprint density at radius 3 is 2.43 bits per heavy atom. The zero-order valence-electron chi connectivity index (χ0n) is 12.1. The van der Waals surface area contributed by atoms with Crippen molar-refractivity contribution in [2.24, 2.45) is 0 Å². The van der Waals surface area contributed by atoms with E-state index in [0.29, 0.717) is 11.1 Å². The number of fused-ring (bicyclic) bond motifs is 1. The van der Waals surface area contributed by atoms with Gasteiger partial charge in [0.05, 0.1) is 0 Å². The van der Waals surface area contributed by atoms with Gasteiger partial charge in [0.15, 0.2) is 5.43 Å². The number of pyridine rings is 1. The van der Waals surface area contributed by atoms with Gasteiger partial charge in [-0.15, -0.1) is 0 Å². The fourth-order valence-electron chi connectivity index (χ4n) is 2.28. The van der Waals surface area contributed by atoms with Crippen LogP contribution in [0, 0.1) is 6.92 Å². The minimum atomic E-state index is 0.0231. The van der Waals surface area contributed by atoms with Crippen LogP contribution in [0.5, 0.6) is 11.5 Å². The summed E-state index contributed by atoms with van der Waals surface area (Å²) < 4.78 is 5.80. The topological polar surface area (TPSA) is 42.1 Å². The lowest BCUT2D eigenvalue weighted by atomic mass is 10.1. The molecule has 21 heavy (non-hydrogen) atoms. The number of nitrogens with one attached hydrogen (secondary N) is 1. The maximum atomic E-state index is 12.1. The predicted molar refractivity (Wildman–Crippen MR) is 85.2 cm³/mol. The van der Waals surface area contributed by atoms with E-state index in [-0.39, 0.29) is 5.43 Å². The third kappa shape index (κ3) is 2.82. The van der Waals surface area contributed by atoms with E-state index in [2.05, 4.69) is 4.98 Å². The van der Waals surface area contributed by atoms with Gasteiger partial charge in [-0.3, -0.25) is 4.79 Å². The quantitative estimate of drug-likeness (QED) is 0.781. The second-order valence-corrected chi connectivity index (χ2v) is 5.13. The molecule has 0 unspecified atom stereocenters. The van der Waals surface area contributed by atoms with E-state index in [1.165, 1.54) is 5.56 Å². The van der Waals surface area contributed by atoms with Gasteiger partial charge in [-0.05, 0) is 43.7 Å². The summed E-state index contributed by atoms with van der Waals surface area (Å²) in [6.45, 7) is 4.05. The highest BCUT2D eigenvalue weighted by Gasteiger charge is 2.04. The van der Waals surface area contributed by atoms with Crippen molar-refractivity contribution < 1.29 is 4.74 Å². The second kappa shape index (κ2) is 5.44. The lowest BCUT2D eigenvalue weighted by Gasteiger charge is -2.08. The van der Waals surface area contributed by atoms with Gasteiger partial charge in [-0.2, -0.15) is 0 Å². The molecule has 0 bridgehead atoms. The van der Waals surface area contributed by atoms with Crippen molar-refractivity contribution in [1.29, 1.82) is 0 Å². The molecule has 0 aliphatic heterocycles. The monoisotopic (exact) mass is 279 g/mol. The van der Waals surface area contributed by atoms with Crippen molar-refractivity contribution in [2.75, 3.05) is 0 Å². The molecule has 1 heterocycles. The SMILES string of the molecule is CCc1cc(=O)c2cc(Oc3ccc(C)cc3)ccc2[nH]1. The molecule has 0 atom stereocenters. The van der Waals surface area contributed by atoms with E-state index in [9.17, 15) is 4.79 Å². The molecule has 3 aromatic rings. The first kappa shape index (κ1) is 13.4. The Morgan fingerprint density at radius 1 is 1.00 bits per heavy atom. The van der Waals surface area contributed by atoms with Crippen LogP contribution in [0.3, 0.4) is 0 Å². The van der Waals surface area contributed by atoms with Crippen LogP contribution in [-0.4, -0.2) is 4.98 Å². The number of hydrogen-bond donors (Lipinski definition) is 1. The summed E-state index contributed by atoms with van der Waals surface area (Å²) in [5, 5.41) is 0.650. The Labute approximate surface area is 123 Å². The van der Waals surface area contributed by atoms with Gasteiger partial charge in [0.25, 0.3) is 0 Å². The van der Waals surface area contributed by atoms with E-state index >= 15 is 0 Å². The van der Waals surface area contributed by atoms with Gasteiger partial charge >= 0.3 is 0 Å². The summed E-state index contributed by atoms with van der Waals surface area (Å²) in [5.41, 5.74) is 3.00. The molecule has 3 heteroatoms. The number of aryl methyl sites for hydroxylation is 2. The molecule has 0 fully saturated rings. The Balaban J connectivity index is 1.99. The standard InChI is InChI=1S/C18H17NO2/c1-3-13-10-18(20)16-11-15(8-9-17(16)19-13)21-14-6-4-12(2)5-7-14/h4-11H,3H2,1-2H3,(H,19,20). The van der Waals surface area contributed by atoms with Gasteiger partial charge in [0.1, 0.15) is 11.5 Å².